The molecule has 1 aromatic heterocycles. The highest BCUT2D eigenvalue weighted by atomic mass is 16.5. The van der Waals surface area contributed by atoms with E-state index in [0.29, 0.717) is 19.8 Å². The van der Waals surface area contributed by atoms with Crippen molar-refractivity contribution in [1.29, 1.82) is 0 Å². The molecule has 7 heteroatoms. The summed E-state index contributed by atoms with van der Waals surface area (Å²) in [5.74, 6) is 4.50. The fraction of sp³-hybridized carbons (Fsp3) is 0.444. The molecule has 0 spiro atoms. The molecule has 0 aliphatic rings. The summed E-state index contributed by atoms with van der Waals surface area (Å²) in [5.41, 5.74) is 2.17. The van der Waals surface area contributed by atoms with E-state index in [1.165, 1.54) is 10.9 Å². The minimum atomic E-state index is -0.459. The van der Waals surface area contributed by atoms with Crippen molar-refractivity contribution < 1.29 is 9.53 Å². The van der Waals surface area contributed by atoms with Gasteiger partial charge in [0, 0.05) is 0 Å². The second-order valence-electron chi connectivity index (χ2n) is 3.03. The molecule has 0 atom stereocenters. The molecule has 0 bridgehead atoms. The van der Waals surface area contributed by atoms with Crippen LogP contribution >= 0.6 is 0 Å². The number of amides is 1. The van der Waals surface area contributed by atoms with Gasteiger partial charge in [0.25, 0.3) is 5.91 Å². The van der Waals surface area contributed by atoms with Gasteiger partial charge < -0.3 is 4.74 Å². The topological polar surface area (TPSA) is 95.1 Å². The number of hydrogen-bond acceptors (Lipinski definition) is 5. The van der Waals surface area contributed by atoms with Gasteiger partial charge >= 0.3 is 0 Å². The average molecular weight is 225 g/mol. The number of nitrogens with one attached hydrogen (secondary N) is 1. The van der Waals surface area contributed by atoms with Crippen LogP contribution in [0.4, 0.5) is 0 Å². The van der Waals surface area contributed by atoms with Crippen LogP contribution in [0.1, 0.15) is 16.9 Å². The molecule has 0 aliphatic carbocycles. The first kappa shape index (κ1) is 12.3. The van der Waals surface area contributed by atoms with Crippen molar-refractivity contribution in [3.05, 3.63) is 24.5 Å². The number of carbonyl (C=O) groups excluding carboxylic acids is 1. The van der Waals surface area contributed by atoms with Crippen molar-refractivity contribution >= 4 is 5.91 Å². The largest absolute Gasteiger partial charge is 0.379 e. The summed E-state index contributed by atoms with van der Waals surface area (Å²) in [7, 11) is 0. The van der Waals surface area contributed by atoms with E-state index in [1.54, 1.807) is 6.08 Å². The minimum Gasteiger partial charge on any atom is -0.379 e. The number of nitrogens with two attached hydrogens (primary N) is 1. The molecule has 0 fully saturated rings. The van der Waals surface area contributed by atoms with Gasteiger partial charge in [0.2, 0.25) is 0 Å². The molecular weight excluding hydrogens is 210 g/mol. The monoisotopic (exact) mass is 225 g/mol. The first-order chi connectivity index (χ1) is 7.77. The fourth-order valence-corrected chi connectivity index (χ4v) is 1.01. The number of hydrogen-bond donors (Lipinski definition) is 2. The van der Waals surface area contributed by atoms with E-state index in [0.717, 1.165) is 6.42 Å². The Morgan fingerprint density at radius 2 is 2.50 bits per heavy atom. The second kappa shape index (κ2) is 6.70. The number of aromatic nitrogens is 3. The molecule has 16 heavy (non-hydrogen) atoms. The van der Waals surface area contributed by atoms with Crippen LogP contribution in [-0.2, 0) is 11.3 Å². The lowest BCUT2D eigenvalue weighted by molar-refractivity contribution is 0.0948. The summed E-state index contributed by atoms with van der Waals surface area (Å²) in [6.45, 7) is 5.28. The summed E-state index contributed by atoms with van der Waals surface area (Å²) in [4.78, 5) is 11.0. The molecular formula is C9H15N5O2. The van der Waals surface area contributed by atoms with Crippen LogP contribution in [0.2, 0.25) is 0 Å². The maximum Gasteiger partial charge on any atom is 0.287 e. The molecule has 0 unspecified atom stereocenters. The van der Waals surface area contributed by atoms with Gasteiger partial charge in [-0.3, -0.25) is 10.2 Å². The first-order valence-electron chi connectivity index (χ1n) is 4.87. The number of ether oxygens (including phenoxy) is 1. The summed E-state index contributed by atoms with van der Waals surface area (Å²) in [5, 5.41) is 7.40. The zero-order valence-electron chi connectivity index (χ0n) is 8.93. The lowest BCUT2D eigenvalue weighted by Gasteiger charge is -2.01. The van der Waals surface area contributed by atoms with Gasteiger partial charge in [-0.15, -0.1) is 11.7 Å². The fourth-order valence-electron chi connectivity index (χ4n) is 1.01. The third kappa shape index (κ3) is 3.79. The zero-order valence-corrected chi connectivity index (χ0v) is 8.93. The van der Waals surface area contributed by atoms with Crippen LogP contribution in [0.15, 0.2) is 18.9 Å². The summed E-state index contributed by atoms with van der Waals surface area (Å²) in [6.07, 6.45) is 4.12. The lowest BCUT2D eigenvalue weighted by Crippen LogP contribution is -2.30. The number of hydrazine groups is 1. The van der Waals surface area contributed by atoms with E-state index in [9.17, 15) is 4.79 Å². The summed E-state index contributed by atoms with van der Waals surface area (Å²) in [6, 6.07) is 0. The van der Waals surface area contributed by atoms with Crippen molar-refractivity contribution in [2.45, 2.75) is 13.0 Å². The standard InChI is InChI=1S/C9H15N5O2/c1-2-3-5-16-6-4-14-7-8(12-13-14)9(15)11-10/h2,7H,1,3-6,10H2,(H,11,15). The van der Waals surface area contributed by atoms with E-state index in [4.69, 9.17) is 10.6 Å². The van der Waals surface area contributed by atoms with Crippen molar-refractivity contribution in [1.82, 2.24) is 20.4 Å². The van der Waals surface area contributed by atoms with Gasteiger partial charge in [0.05, 0.1) is 26.0 Å². The van der Waals surface area contributed by atoms with Crippen molar-refractivity contribution in [2.75, 3.05) is 13.2 Å². The highest BCUT2D eigenvalue weighted by molar-refractivity contribution is 5.91. The van der Waals surface area contributed by atoms with Crippen LogP contribution in [0.5, 0.6) is 0 Å². The maximum atomic E-state index is 11.0. The molecule has 1 aromatic rings. The van der Waals surface area contributed by atoms with E-state index in [-0.39, 0.29) is 5.69 Å². The lowest BCUT2D eigenvalue weighted by atomic mass is 10.4. The van der Waals surface area contributed by atoms with E-state index in [1.807, 2.05) is 5.43 Å². The van der Waals surface area contributed by atoms with Crippen molar-refractivity contribution in [2.24, 2.45) is 5.84 Å². The molecule has 88 valence electrons. The number of rotatable bonds is 7. The third-order valence-electron chi connectivity index (χ3n) is 1.83. The van der Waals surface area contributed by atoms with Gasteiger partial charge in [-0.2, -0.15) is 0 Å². The maximum absolute atomic E-state index is 11.0. The van der Waals surface area contributed by atoms with Crippen LogP contribution in [0.3, 0.4) is 0 Å². The Kier molecular flexibility index (Phi) is 5.17. The van der Waals surface area contributed by atoms with Gasteiger partial charge in [-0.25, -0.2) is 10.5 Å². The Balaban J connectivity index is 2.29. The van der Waals surface area contributed by atoms with Gasteiger partial charge in [-0.1, -0.05) is 11.3 Å². The second-order valence-corrected chi connectivity index (χ2v) is 3.03. The highest BCUT2D eigenvalue weighted by Crippen LogP contribution is 1.93. The van der Waals surface area contributed by atoms with E-state index < -0.39 is 5.91 Å². The smallest absolute Gasteiger partial charge is 0.287 e. The van der Waals surface area contributed by atoms with Crippen LogP contribution in [0.25, 0.3) is 0 Å². The minimum absolute atomic E-state index is 0.189. The molecule has 1 amide bonds. The molecule has 3 N–H and O–H groups in total. The van der Waals surface area contributed by atoms with Crippen LogP contribution in [-0.4, -0.2) is 34.1 Å². The Bertz CT molecular complexity index is 349. The first-order valence-corrected chi connectivity index (χ1v) is 4.87. The van der Waals surface area contributed by atoms with Crippen molar-refractivity contribution in [3.8, 4) is 0 Å². The van der Waals surface area contributed by atoms with Crippen molar-refractivity contribution in [3.63, 3.8) is 0 Å². The normalized spacial score (nSPS) is 10.1. The van der Waals surface area contributed by atoms with E-state index >= 15 is 0 Å². The Morgan fingerprint density at radius 3 is 3.19 bits per heavy atom. The SMILES string of the molecule is C=CCCOCCn1cc(C(=O)NN)nn1. The van der Waals surface area contributed by atoms with Gasteiger partial charge in [0.15, 0.2) is 5.69 Å². The molecule has 1 rings (SSSR count). The molecule has 0 aliphatic heterocycles. The summed E-state index contributed by atoms with van der Waals surface area (Å²) >= 11 is 0. The Morgan fingerprint density at radius 1 is 1.69 bits per heavy atom. The molecule has 0 saturated heterocycles. The third-order valence-corrected chi connectivity index (χ3v) is 1.83. The predicted octanol–water partition coefficient (Wildman–Crippen LogP) is -0.526. The Hall–Kier alpha value is -1.73. The molecule has 0 saturated carbocycles. The quantitative estimate of drug-likeness (QED) is 0.214. The van der Waals surface area contributed by atoms with Gasteiger partial charge in [0.1, 0.15) is 0 Å². The van der Waals surface area contributed by atoms with Crippen LogP contribution < -0.4 is 11.3 Å². The molecule has 7 nitrogen and oxygen atoms in total. The number of nitrogens with zero attached hydrogens (tertiary/aromatic N) is 3. The molecule has 0 radical (unpaired) electrons. The molecule has 1 heterocycles. The summed E-state index contributed by atoms with van der Waals surface area (Å²) < 4.78 is 6.82. The van der Waals surface area contributed by atoms with E-state index in [2.05, 4.69) is 16.9 Å². The average Bonchev–Trinajstić information content (AvgIpc) is 2.76. The highest BCUT2D eigenvalue weighted by Gasteiger charge is 2.08. The van der Waals surface area contributed by atoms with Crippen LogP contribution in [0, 0.1) is 0 Å². The predicted molar refractivity (Wildman–Crippen MR) is 57.3 cm³/mol. The molecule has 0 aromatic carbocycles. The van der Waals surface area contributed by atoms with Gasteiger partial charge in [-0.05, 0) is 6.42 Å². The number of nitrogen functional groups attached to an aromatic ring is 1. The zero-order chi connectivity index (χ0) is 11.8. The number of carbonyl (C=O) groups is 1. The Labute approximate surface area is 93.2 Å².